The molecule has 1 atom stereocenters. The zero-order valence-electron chi connectivity index (χ0n) is 12.6. The van der Waals surface area contributed by atoms with Gasteiger partial charge in [-0.15, -0.1) is 11.3 Å². The number of nitrogen functional groups attached to an aromatic ring is 1. The van der Waals surface area contributed by atoms with E-state index in [-0.39, 0.29) is 16.6 Å². The van der Waals surface area contributed by atoms with E-state index >= 15 is 0 Å². The van der Waals surface area contributed by atoms with Crippen molar-refractivity contribution in [3.05, 3.63) is 45.1 Å². The van der Waals surface area contributed by atoms with Crippen LogP contribution in [0.25, 0.3) is 0 Å². The summed E-state index contributed by atoms with van der Waals surface area (Å²) in [5.41, 5.74) is 8.05. The summed E-state index contributed by atoms with van der Waals surface area (Å²) >= 11 is 1.66. The van der Waals surface area contributed by atoms with Crippen LogP contribution < -0.4 is 10.5 Å². The minimum atomic E-state index is -3.63. The fourth-order valence-corrected chi connectivity index (χ4v) is 4.71. The number of sulfonamides is 1. The number of benzene rings is 1. The number of anilines is 1. The van der Waals surface area contributed by atoms with Crippen LogP contribution in [0.5, 0.6) is 0 Å². The molecule has 0 radical (unpaired) electrons. The van der Waals surface area contributed by atoms with E-state index in [1.807, 2.05) is 33.8 Å². The van der Waals surface area contributed by atoms with Gasteiger partial charge in [0.15, 0.2) is 0 Å². The monoisotopic (exact) mass is 324 g/mol. The fourth-order valence-electron chi connectivity index (χ4n) is 2.35. The molecular weight excluding hydrogens is 304 g/mol. The van der Waals surface area contributed by atoms with Gasteiger partial charge in [0.1, 0.15) is 4.90 Å². The summed E-state index contributed by atoms with van der Waals surface area (Å²) in [5.74, 6) is 0. The second-order valence-corrected chi connectivity index (χ2v) is 8.40. The first-order chi connectivity index (χ1) is 9.70. The molecule has 3 N–H and O–H groups in total. The molecule has 0 saturated carbocycles. The number of hydrogen-bond acceptors (Lipinski definition) is 4. The average molecular weight is 324 g/mol. The smallest absolute Gasteiger partial charge is 0.243 e. The van der Waals surface area contributed by atoms with Gasteiger partial charge in [0.05, 0.1) is 5.69 Å². The Labute approximate surface area is 130 Å². The van der Waals surface area contributed by atoms with E-state index in [1.54, 1.807) is 29.5 Å². The summed E-state index contributed by atoms with van der Waals surface area (Å²) in [6.45, 7) is 7.73. The van der Waals surface area contributed by atoms with Crippen LogP contribution in [-0.2, 0) is 10.0 Å². The zero-order chi connectivity index (χ0) is 15.8. The van der Waals surface area contributed by atoms with Gasteiger partial charge in [-0.25, -0.2) is 13.1 Å². The van der Waals surface area contributed by atoms with Crippen molar-refractivity contribution in [3.63, 3.8) is 0 Å². The molecule has 0 aliphatic carbocycles. The number of nitrogens with two attached hydrogens (primary N) is 1. The van der Waals surface area contributed by atoms with Crippen molar-refractivity contribution in [3.8, 4) is 0 Å². The molecule has 2 rings (SSSR count). The standard InChI is InChI=1S/C15H20N2O2S2/c1-9-5-6-15(14(16)7-9)21(18,19)17-11(3)13-8-10(2)20-12(13)4/h5-8,11,17H,16H2,1-4H3. The summed E-state index contributed by atoms with van der Waals surface area (Å²) in [4.78, 5) is 2.42. The Balaban J connectivity index is 2.31. The molecule has 2 aromatic rings. The number of thiophene rings is 1. The molecule has 6 heteroatoms. The molecule has 21 heavy (non-hydrogen) atoms. The highest BCUT2D eigenvalue weighted by molar-refractivity contribution is 7.89. The number of rotatable bonds is 4. The molecule has 1 aromatic heterocycles. The normalized spacial score (nSPS) is 13.3. The van der Waals surface area contributed by atoms with E-state index in [2.05, 4.69) is 4.72 Å². The van der Waals surface area contributed by atoms with Crippen molar-refractivity contribution < 1.29 is 8.42 Å². The Bertz CT molecular complexity index is 764. The lowest BCUT2D eigenvalue weighted by molar-refractivity contribution is 0.567. The van der Waals surface area contributed by atoms with Gasteiger partial charge in [0.25, 0.3) is 0 Å². The number of hydrogen-bond donors (Lipinski definition) is 2. The van der Waals surface area contributed by atoms with E-state index in [4.69, 9.17) is 5.73 Å². The van der Waals surface area contributed by atoms with Crippen molar-refractivity contribution in [2.75, 3.05) is 5.73 Å². The molecule has 0 fully saturated rings. The van der Waals surface area contributed by atoms with Crippen LogP contribution in [-0.4, -0.2) is 8.42 Å². The van der Waals surface area contributed by atoms with Crippen molar-refractivity contribution in [2.45, 2.75) is 38.6 Å². The quantitative estimate of drug-likeness (QED) is 0.848. The van der Waals surface area contributed by atoms with Crippen LogP contribution in [0.15, 0.2) is 29.2 Å². The Morgan fingerprint density at radius 2 is 1.86 bits per heavy atom. The summed E-state index contributed by atoms with van der Waals surface area (Å²) in [7, 11) is -3.63. The molecule has 0 spiro atoms. The van der Waals surface area contributed by atoms with Crippen molar-refractivity contribution >= 4 is 27.0 Å². The second kappa shape index (κ2) is 5.79. The molecule has 0 saturated heterocycles. The zero-order valence-corrected chi connectivity index (χ0v) is 14.2. The minimum absolute atomic E-state index is 0.129. The Morgan fingerprint density at radius 1 is 1.19 bits per heavy atom. The molecule has 1 heterocycles. The lowest BCUT2D eigenvalue weighted by Gasteiger charge is -2.15. The summed E-state index contributed by atoms with van der Waals surface area (Å²) in [6, 6.07) is 6.69. The average Bonchev–Trinajstić information content (AvgIpc) is 2.67. The van der Waals surface area contributed by atoms with Crippen molar-refractivity contribution in [1.82, 2.24) is 4.72 Å². The fraction of sp³-hybridized carbons (Fsp3) is 0.333. The Hall–Kier alpha value is -1.37. The van der Waals surface area contributed by atoms with Gasteiger partial charge in [-0.3, -0.25) is 0 Å². The maximum atomic E-state index is 12.5. The van der Waals surface area contributed by atoms with Crippen LogP contribution >= 0.6 is 11.3 Å². The highest BCUT2D eigenvalue weighted by Gasteiger charge is 2.22. The SMILES string of the molecule is Cc1ccc(S(=O)(=O)NC(C)c2cc(C)sc2C)c(N)c1. The Morgan fingerprint density at radius 3 is 2.38 bits per heavy atom. The van der Waals surface area contributed by atoms with Gasteiger partial charge in [0, 0.05) is 15.8 Å². The lowest BCUT2D eigenvalue weighted by atomic mass is 10.1. The molecule has 1 aromatic carbocycles. The van der Waals surface area contributed by atoms with Gasteiger partial charge in [-0.05, 0) is 57.0 Å². The largest absolute Gasteiger partial charge is 0.398 e. The molecular formula is C15H20N2O2S2. The van der Waals surface area contributed by atoms with E-state index < -0.39 is 10.0 Å². The maximum Gasteiger partial charge on any atom is 0.243 e. The number of aryl methyl sites for hydroxylation is 3. The van der Waals surface area contributed by atoms with Crippen LogP contribution in [0.4, 0.5) is 5.69 Å². The first-order valence-electron chi connectivity index (χ1n) is 6.66. The first kappa shape index (κ1) is 16.0. The van der Waals surface area contributed by atoms with E-state index in [9.17, 15) is 8.42 Å². The van der Waals surface area contributed by atoms with E-state index in [0.717, 1.165) is 16.0 Å². The highest BCUT2D eigenvalue weighted by Crippen LogP contribution is 2.28. The molecule has 1 unspecified atom stereocenters. The molecule has 0 amide bonds. The molecule has 0 aliphatic heterocycles. The van der Waals surface area contributed by atoms with Crippen molar-refractivity contribution in [2.24, 2.45) is 0 Å². The maximum absolute atomic E-state index is 12.5. The molecule has 4 nitrogen and oxygen atoms in total. The molecule has 114 valence electrons. The van der Waals surface area contributed by atoms with Gasteiger partial charge in [0.2, 0.25) is 10.0 Å². The van der Waals surface area contributed by atoms with Gasteiger partial charge in [-0.1, -0.05) is 6.07 Å². The minimum Gasteiger partial charge on any atom is -0.398 e. The third-order valence-corrected chi connectivity index (χ3v) is 5.93. The van der Waals surface area contributed by atoms with Gasteiger partial charge in [-0.2, -0.15) is 0 Å². The summed E-state index contributed by atoms with van der Waals surface area (Å²) in [6.07, 6.45) is 0. The molecule has 0 aliphatic rings. The van der Waals surface area contributed by atoms with Crippen LogP contribution in [0.1, 0.15) is 33.8 Å². The second-order valence-electron chi connectivity index (χ2n) is 5.25. The van der Waals surface area contributed by atoms with E-state index in [0.29, 0.717) is 0 Å². The highest BCUT2D eigenvalue weighted by atomic mass is 32.2. The number of nitrogens with one attached hydrogen (secondary N) is 1. The lowest BCUT2D eigenvalue weighted by Crippen LogP contribution is -2.27. The van der Waals surface area contributed by atoms with Gasteiger partial charge < -0.3 is 5.73 Å². The molecule has 0 bridgehead atoms. The first-order valence-corrected chi connectivity index (χ1v) is 8.96. The Kier molecular flexibility index (Phi) is 4.41. The van der Waals surface area contributed by atoms with Crippen LogP contribution in [0, 0.1) is 20.8 Å². The third kappa shape index (κ3) is 3.45. The van der Waals surface area contributed by atoms with Crippen LogP contribution in [0.2, 0.25) is 0 Å². The summed E-state index contributed by atoms with van der Waals surface area (Å²) < 4.78 is 27.7. The van der Waals surface area contributed by atoms with Crippen LogP contribution in [0.3, 0.4) is 0 Å². The summed E-state index contributed by atoms with van der Waals surface area (Å²) in [5, 5.41) is 0. The predicted octanol–water partition coefficient (Wildman–Crippen LogP) is 3.30. The van der Waals surface area contributed by atoms with Crippen molar-refractivity contribution in [1.29, 1.82) is 0 Å². The van der Waals surface area contributed by atoms with E-state index in [1.165, 1.54) is 4.88 Å². The topological polar surface area (TPSA) is 72.2 Å². The third-order valence-electron chi connectivity index (χ3n) is 3.33. The predicted molar refractivity (Wildman–Crippen MR) is 88.1 cm³/mol. The van der Waals surface area contributed by atoms with Gasteiger partial charge >= 0.3 is 0 Å².